The quantitative estimate of drug-likeness (QED) is 0.664. The molecule has 8 nitrogen and oxygen atoms in total. The Balaban J connectivity index is 1.57. The number of hydrogen-bond donors (Lipinski definition) is 1. The van der Waals surface area contributed by atoms with Gasteiger partial charge in [0.15, 0.2) is 10.9 Å². The zero-order valence-electron chi connectivity index (χ0n) is 15.8. The lowest BCUT2D eigenvalue weighted by Crippen LogP contribution is -2.35. The van der Waals surface area contributed by atoms with Crippen molar-refractivity contribution in [1.82, 2.24) is 9.29 Å². The zero-order valence-corrected chi connectivity index (χ0v) is 17.5. The maximum atomic E-state index is 13.2. The van der Waals surface area contributed by atoms with Crippen molar-refractivity contribution in [1.29, 1.82) is 0 Å². The molecule has 0 fully saturated rings. The standard InChI is InChI=1S/C19H19N3O5S2/c1-12-5-6-14(26-2)17(10-12)29(24,25)22-8-7-13-16(11-22)28-19(20-13)21-18(23)15-4-3-9-27-15/h3-6,9-10H,7-8,11H2,1-2H3,(H,20,21,23). The summed E-state index contributed by atoms with van der Waals surface area (Å²) in [6, 6.07) is 8.28. The molecule has 1 amide bonds. The number of aryl methyl sites for hydroxylation is 1. The molecular formula is C19H19N3O5S2. The molecule has 0 spiro atoms. The molecule has 1 aliphatic heterocycles. The first-order valence-corrected chi connectivity index (χ1v) is 11.1. The van der Waals surface area contributed by atoms with Crippen LogP contribution in [0.25, 0.3) is 0 Å². The van der Waals surface area contributed by atoms with Crippen molar-refractivity contribution < 1.29 is 22.4 Å². The lowest BCUT2D eigenvalue weighted by atomic mass is 10.2. The van der Waals surface area contributed by atoms with E-state index in [1.54, 1.807) is 24.3 Å². The molecule has 0 radical (unpaired) electrons. The molecule has 4 rings (SSSR count). The van der Waals surface area contributed by atoms with Gasteiger partial charge in [0.2, 0.25) is 10.0 Å². The first kappa shape index (κ1) is 19.6. The number of nitrogens with zero attached hydrogens (tertiary/aromatic N) is 2. The number of rotatable bonds is 5. The van der Waals surface area contributed by atoms with E-state index < -0.39 is 15.9 Å². The van der Waals surface area contributed by atoms with Crippen molar-refractivity contribution in [2.75, 3.05) is 19.0 Å². The number of anilines is 1. The van der Waals surface area contributed by atoms with Gasteiger partial charge in [0, 0.05) is 17.8 Å². The molecule has 0 unspecified atom stereocenters. The van der Waals surface area contributed by atoms with E-state index in [1.807, 2.05) is 13.0 Å². The molecule has 3 aromatic rings. The van der Waals surface area contributed by atoms with Crippen molar-refractivity contribution in [3.05, 3.63) is 58.5 Å². The highest BCUT2D eigenvalue weighted by molar-refractivity contribution is 7.89. The normalized spacial score (nSPS) is 14.4. The highest BCUT2D eigenvalue weighted by Gasteiger charge is 2.32. The average Bonchev–Trinajstić information content (AvgIpc) is 3.36. The number of furan rings is 1. The molecule has 0 bridgehead atoms. The Morgan fingerprint density at radius 2 is 2.17 bits per heavy atom. The summed E-state index contributed by atoms with van der Waals surface area (Å²) < 4.78 is 38.2. The second-order valence-corrected chi connectivity index (χ2v) is 9.55. The maximum absolute atomic E-state index is 13.2. The molecule has 1 aromatic carbocycles. The van der Waals surface area contributed by atoms with E-state index in [0.717, 1.165) is 16.1 Å². The van der Waals surface area contributed by atoms with Crippen molar-refractivity contribution >= 4 is 32.4 Å². The summed E-state index contributed by atoms with van der Waals surface area (Å²) in [4.78, 5) is 17.5. The van der Waals surface area contributed by atoms with Gasteiger partial charge in [-0.1, -0.05) is 6.07 Å². The van der Waals surface area contributed by atoms with Gasteiger partial charge in [0.1, 0.15) is 10.6 Å². The Kier molecular flexibility index (Phi) is 5.15. The van der Waals surface area contributed by atoms with E-state index in [-0.39, 0.29) is 17.2 Å². The first-order valence-electron chi connectivity index (χ1n) is 8.86. The van der Waals surface area contributed by atoms with Gasteiger partial charge in [-0.3, -0.25) is 10.1 Å². The van der Waals surface area contributed by atoms with Gasteiger partial charge in [-0.05, 0) is 36.8 Å². The molecule has 1 N–H and O–H groups in total. The number of amides is 1. The minimum absolute atomic E-state index is 0.152. The van der Waals surface area contributed by atoms with Crippen LogP contribution in [0.5, 0.6) is 5.75 Å². The number of ether oxygens (including phenoxy) is 1. The SMILES string of the molecule is COc1ccc(C)cc1S(=O)(=O)N1CCc2nc(NC(=O)c3ccco3)sc2C1. The van der Waals surface area contributed by atoms with Crippen LogP contribution in [0.2, 0.25) is 0 Å². The third-order valence-corrected chi connectivity index (χ3v) is 7.46. The number of carbonyl (C=O) groups excluding carboxylic acids is 1. The molecule has 1 aliphatic rings. The van der Waals surface area contributed by atoms with Gasteiger partial charge in [-0.25, -0.2) is 13.4 Å². The number of benzene rings is 1. The van der Waals surface area contributed by atoms with Crippen molar-refractivity contribution in [3.8, 4) is 5.75 Å². The fourth-order valence-corrected chi connectivity index (χ4v) is 5.87. The number of thiazole rings is 1. The number of nitrogens with one attached hydrogen (secondary N) is 1. The molecule has 10 heteroatoms. The molecule has 0 saturated heterocycles. The van der Waals surface area contributed by atoms with Crippen LogP contribution in [-0.4, -0.2) is 37.3 Å². The van der Waals surface area contributed by atoms with Crippen LogP contribution in [-0.2, 0) is 23.0 Å². The predicted molar refractivity (Wildman–Crippen MR) is 108 cm³/mol. The first-order chi connectivity index (χ1) is 13.9. The van der Waals surface area contributed by atoms with Crippen LogP contribution < -0.4 is 10.1 Å². The summed E-state index contributed by atoms with van der Waals surface area (Å²) in [5.74, 6) is 0.112. The summed E-state index contributed by atoms with van der Waals surface area (Å²) in [5, 5.41) is 3.12. The number of fused-ring (bicyclic) bond motifs is 1. The third-order valence-electron chi connectivity index (χ3n) is 4.60. The molecule has 0 saturated carbocycles. The molecular weight excluding hydrogens is 414 g/mol. The smallest absolute Gasteiger partial charge is 0.293 e. The summed E-state index contributed by atoms with van der Waals surface area (Å²) in [5.41, 5.74) is 1.63. The highest BCUT2D eigenvalue weighted by Crippen LogP contribution is 2.34. The largest absolute Gasteiger partial charge is 0.495 e. The lowest BCUT2D eigenvalue weighted by Gasteiger charge is -2.26. The maximum Gasteiger partial charge on any atom is 0.293 e. The Morgan fingerprint density at radius 3 is 2.90 bits per heavy atom. The van der Waals surface area contributed by atoms with Crippen LogP contribution >= 0.6 is 11.3 Å². The predicted octanol–water partition coefficient (Wildman–Crippen LogP) is 3.05. The topological polar surface area (TPSA) is 102 Å². The number of aromatic nitrogens is 1. The molecule has 29 heavy (non-hydrogen) atoms. The number of hydrogen-bond acceptors (Lipinski definition) is 7. The highest BCUT2D eigenvalue weighted by atomic mass is 32.2. The summed E-state index contributed by atoms with van der Waals surface area (Å²) in [6.07, 6.45) is 1.89. The lowest BCUT2D eigenvalue weighted by molar-refractivity contribution is 0.0996. The van der Waals surface area contributed by atoms with E-state index in [1.165, 1.54) is 29.0 Å². The minimum atomic E-state index is -3.73. The molecule has 0 atom stereocenters. The van der Waals surface area contributed by atoms with Crippen molar-refractivity contribution in [2.45, 2.75) is 24.8 Å². The fourth-order valence-electron chi connectivity index (χ4n) is 3.12. The van der Waals surface area contributed by atoms with Crippen molar-refractivity contribution in [3.63, 3.8) is 0 Å². The molecule has 0 aliphatic carbocycles. The van der Waals surface area contributed by atoms with Crippen LogP contribution in [0, 0.1) is 6.92 Å². The second kappa shape index (κ2) is 7.62. The van der Waals surface area contributed by atoms with E-state index in [2.05, 4.69) is 10.3 Å². The van der Waals surface area contributed by atoms with Crippen molar-refractivity contribution in [2.24, 2.45) is 0 Å². The monoisotopic (exact) mass is 433 g/mol. The molecule has 152 valence electrons. The van der Waals surface area contributed by atoms with Crippen LogP contribution in [0.1, 0.15) is 26.7 Å². The van der Waals surface area contributed by atoms with E-state index in [9.17, 15) is 13.2 Å². The van der Waals surface area contributed by atoms with E-state index >= 15 is 0 Å². The zero-order chi connectivity index (χ0) is 20.6. The van der Waals surface area contributed by atoms with Crippen LogP contribution in [0.15, 0.2) is 45.9 Å². The van der Waals surface area contributed by atoms with Gasteiger partial charge in [0.05, 0.1) is 25.6 Å². The van der Waals surface area contributed by atoms with E-state index in [4.69, 9.17) is 9.15 Å². The molecule has 2 aromatic heterocycles. The Bertz CT molecular complexity index is 1150. The Morgan fingerprint density at radius 1 is 1.34 bits per heavy atom. The minimum Gasteiger partial charge on any atom is -0.495 e. The van der Waals surface area contributed by atoms with Crippen LogP contribution in [0.3, 0.4) is 0 Å². The summed E-state index contributed by atoms with van der Waals surface area (Å²) in [7, 11) is -2.28. The average molecular weight is 434 g/mol. The van der Waals surface area contributed by atoms with Gasteiger partial charge < -0.3 is 9.15 Å². The summed E-state index contributed by atoms with van der Waals surface area (Å²) in [6.45, 7) is 2.34. The Labute approximate surface area is 172 Å². The van der Waals surface area contributed by atoms with Gasteiger partial charge in [-0.2, -0.15) is 4.31 Å². The summed E-state index contributed by atoms with van der Waals surface area (Å²) >= 11 is 1.27. The van der Waals surface area contributed by atoms with Gasteiger partial charge >= 0.3 is 0 Å². The van der Waals surface area contributed by atoms with Crippen LogP contribution in [0.4, 0.5) is 5.13 Å². The van der Waals surface area contributed by atoms with Gasteiger partial charge in [-0.15, -0.1) is 11.3 Å². The second-order valence-electron chi connectivity index (χ2n) is 6.56. The number of methoxy groups -OCH3 is 1. The van der Waals surface area contributed by atoms with E-state index in [0.29, 0.717) is 23.8 Å². The number of sulfonamides is 1. The van der Waals surface area contributed by atoms with Gasteiger partial charge in [0.25, 0.3) is 5.91 Å². The number of carbonyl (C=O) groups is 1. The third kappa shape index (κ3) is 3.78. The molecule has 3 heterocycles. The Hall–Kier alpha value is -2.69. The fraction of sp³-hybridized carbons (Fsp3) is 0.263.